The van der Waals surface area contributed by atoms with E-state index in [4.69, 9.17) is 16.7 Å². The molecule has 1 saturated heterocycles. The summed E-state index contributed by atoms with van der Waals surface area (Å²) >= 11 is 5.93. The topological polar surface area (TPSA) is 77.0 Å². The molecule has 1 unspecified atom stereocenters. The van der Waals surface area contributed by atoms with Crippen LogP contribution in [0.5, 0.6) is 0 Å². The minimum absolute atomic E-state index is 0.0157. The molecule has 2 amide bonds. The molecule has 0 aromatic carbocycles. The number of carbonyl (C=O) groups excluding carboxylic acids is 1. The number of carbonyl (C=O) groups is 2. The number of amides is 2. The van der Waals surface area contributed by atoms with Gasteiger partial charge >= 0.3 is 6.09 Å². The Labute approximate surface area is 139 Å². The zero-order chi connectivity index (χ0) is 16.6. The van der Waals surface area contributed by atoms with Crippen molar-refractivity contribution >= 4 is 29.3 Å². The molecule has 0 radical (unpaired) electrons. The molecule has 2 aliphatic heterocycles. The van der Waals surface area contributed by atoms with Gasteiger partial charge in [0, 0.05) is 38.4 Å². The largest absolute Gasteiger partial charge is 0.465 e. The molecule has 0 bridgehead atoms. The molecule has 1 aromatic rings. The minimum Gasteiger partial charge on any atom is -0.465 e. The second kappa shape index (κ2) is 6.33. The first kappa shape index (κ1) is 16.0. The molecular weight excluding hydrogens is 320 g/mol. The molecule has 1 N–H and O–H groups in total. The van der Waals surface area contributed by atoms with Crippen LogP contribution in [0.4, 0.5) is 10.5 Å². The summed E-state index contributed by atoms with van der Waals surface area (Å²) in [6, 6.07) is 1.62. The Morgan fingerprint density at radius 2 is 2.17 bits per heavy atom. The van der Waals surface area contributed by atoms with Gasteiger partial charge in [-0.2, -0.15) is 0 Å². The quantitative estimate of drug-likeness (QED) is 0.823. The maximum absolute atomic E-state index is 12.6. The third kappa shape index (κ3) is 3.25. The molecule has 1 aromatic heterocycles. The van der Waals surface area contributed by atoms with E-state index in [-0.39, 0.29) is 18.5 Å². The van der Waals surface area contributed by atoms with Gasteiger partial charge in [-0.3, -0.25) is 9.69 Å². The van der Waals surface area contributed by atoms with Crippen molar-refractivity contribution in [2.75, 3.05) is 37.6 Å². The summed E-state index contributed by atoms with van der Waals surface area (Å²) in [5.41, 5.74) is 1.87. The van der Waals surface area contributed by atoms with E-state index in [2.05, 4.69) is 4.98 Å². The summed E-state index contributed by atoms with van der Waals surface area (Å²) in [4.78, 5) is 32.9. The lowest BCUT2D eigenvalue weighted by atomic mass is 10.2. The average Bonchev–Trinajstić information content (AvgIpc) is 2.89. The first-order valence-corrected chi connectivity index (χ1v) is 8.00. The third-order valence-corrected chi connectivity index (χ3v) is 4.65. The fraction of sp³-hybridized carbons (Fsp3) is 0.533. The fourth-order valence-electron chi connectivity index (χ4n) is 3.24. The lowest BCUT2D eigenvalue weighted by molar-refractivity contribution is -0.120. The predicted molar refractivity (Wildman–Crippen MR) is 85.9 cm³/mol. The summed E-state index contributed by atoms with van der Waals surface area (Å²) < 4.78 is 0. The molecule has 2 aliphatic rings. The Kier molecular flexibility index (Phi) is 4.41. The van der Waals surface area contributed by atoms with Gasteiger partial charge in [0.2, 0.25) is 5.91 Å². The number of piperazine rings is 1. The number of aromatic nitrogens is 1. The molecule has 23 heavy (non-hydrogen) atoms. The molecule has 3 rings (SSSR count). The van der Waals surface area contributed by atoms with Crippen LogP contribution in [0.2, 0.25) is 5.15 Å². The summed E-state index contributed by atoms with van der Waals surface area (Å²) in [5, 5.41) is 9.48. The molecule has 0 aliphatic carbocycles. The molecule has 7 nitrogen and oxygen atoms in total. The highest BCUT2D eigenvalue weighted by atomic mass is 35.5. The van der Waals surface area contributed by atoms with Gasteiger partial charge in [0.15, 0.2) is 0 Å². The average molecular weight is 339 g/mol. The smallest absolute Gasteiger partial charge is 0.407 e. The molecule has 8 heteroatoms. The summed E-state index contributed by atoms with van der Waals surface area (Å²) in [6.07, 6.45) is 1.60. The Balaban J connectivity index is 1.63. The summed E-state index contributed by atoms with van der Waals surface area (Å²) in [5.74, 6) is 0.0157. The summed E-state index contributed by atoms with van der Waals surface area (Å²) in [6.45, 7) is 4.35. The van der Waals surface area contributed by atoms with Crippen molar-refractivity contribution < 1.29 is 14.7 Å². The molecular formula is C15H19ClN4O3. The highest BCUT2D eigenvalue weighted by molar-refractivity contribution is 6.29. The normalized spacial score (nSPS) is 21.4. The fourth-order valence-corrected chi connectivity index (χ4v) is 3.39. The number of pyridine rings is 1. The lowest BCUT2D eigenvalue weighted by Gasteiger charge is -2.38. The van der Waals surface area contributed by atoms with Crippen LogP contribution in [0.3, 0.4) is 0 Å². The molecule has 1 fully saturated rings. The molecule has 0 saturated carbocycles. The van der Waals surface area contributed by atoms with Crippen molar-refractivity contribution in [2.45, 2.75) is 19.4 Å². The van der Waals surface area contributed by atoms with Gasteiger partial charge in [0.1, 0.15) is 5.15 Å². The van der Waals surface area contributed by atoms with Crippen molar-refractivity contribution in [3.8, 4) is 0 Å². The van der Waals surface area contributed by atoms with E-state index in [1.165, 1.54) is 4.90 Å². The Hall–Kier alpha value is -1.86. The van der Waals surface area contributed by atoms with Gasteiger partial charge in [-0.1, -0.05) is 11.6 Å². The van der Waals surface area contributed by atoms with Crippen LogP contribution >= 0.6 is 11.6 Å². The molecule has 1 atom stereocenters. The van der Waals surface area contributed by atoms with Gasteiger partial charge in [-0.25, -0.2) is 9.78 Å². The van der Waals surface area contributed by atoms with Crippen LogP contribution in [-0.4, -0.2) is 70.7 Å². The van der Waals surface area contributed by atoms with E-state index in [0.29, 0.717) is 31.3 Å². The minimum atomic E-state index is -0.904. The van der Waals surface area contributed by atoms with E-state index in [1.54, 1.807) is 17.2 Å². The zero-order valence-corrected chi connectivity index (χ0v) is 13.7. The number of hydrogen-bond acceptors (Lipinski definition) is 4. The van der Waals surface area contributed by atoms with E-state index in [9.17, 15) is 9.59 Å². The van der Waals surface area contributed by atoms with Gasteiger partial charge in [0.05, 0.1) is 12.2 Å². The number of carboxylic acid groups (broad SMARTS) is 1. The Morgan fingerprint density at radius 3 is 2.87 bits per heavy atom. The second-order valence-corrected chi connectivity index (χ2v) is 6.38. The highest BCUT2D eigenvalue weighted by Crippen LogP contribution is 2.29. The highest BCUT2D eigenvalue weighted by Gasteiger charge is 2.31. The first-order chi connectivity index (χ1) is 11.0. The maximum Gasteiger partial charge on any atom is 0.407 e. The van der Waals surface area contributed by atoms with Crippen molar-refractivity contribution in [1.29, 1.82) is 0 Å². The van der Waals surface area contributed by atoms with Gasteiger partial charge < -0.3 is 14.9 Å². The number of anilines is 1. The lowest BCUT2D eigenvalue weighted by Crippen LogP contribution is -2.55. The van der Waals surface area contributed by atoms with E-state index in [1.807, 2.05) is 11.8 Å². The predicted octanol–water partition coefficient (Wildman–Crippen LogP) is 1.31. The Bertz CT molecular complexity index is 639. The molecule has 3 heterocycles. The van der Waals surface area contributed by atoms with Crippen molar-refractivity contribution in [3.05, 3.63) is 23.0 Å². The zero-order valence-electron chi connectivity index (χ0n) is 12.9. The first-order valence-electron chi connectivity index (χ1n) is 7.62. The van der Waals surface area contributed by atoms with Crippen LogP contribution in [0.25, 0.3) is 0 Å². The van der Waals surface area contributed by atoms with Gasteiger partial charge in [-0.15, -0.1) is 0 Å². The number of fused-ring (bicyclic) bond motifs is 1. The van der Waals surface area contributed by atoms with Crippen LogP contribution in [-0.2, 0) is 11.2 Å². The second-order valence-electron chi connectivity index (χ2n) is 5.99. The monoisotopic (exact) mass is 338 g/mol. The number of halogens is 1. The molecule has 0 spiro atoms. The standard InChI is InChI=1S/C15H19ClN4O3/c1-10-8-18(4-5-19(10)15(22)23)9-14(21)20-3-2-11-7-17-13(16)6-12(11)20/h6-7,10H,2-5,8-9H2,1H3,(H,22,23). The van der Waals surface area contributed by atoms with Crippen LogP contribution in [0, 0.1) is 0 Å². The SMILES string of the molecule is CC1CN(CC(=O)N2CCc3cnc(Cl)cc32)CCN1C(=O)O. The number of rotatable bonds is 2. The van der Waals surface area contributed by atoms with Crippen LogP contribution in [0.15, 0.2) is 12.3 Å². The van der Waals surface area contributed by atoms with Gasteiger partial charge in [-0.05, 0) is 25.0 Å². The maximum atomic E-state index is 12.6. The van der Waals surface area contributed by atoms with E-state index in [0.717, 1.165) is 17.7 Å². The number of hydrogen-bond donors (Lipinski definition) is 1. The van der Waals surface area contributed by atoms with Crippen molar-refractivity contribution in [2.24, 2.45) is 0 Å². The third-order valence-electron chi connectivity index (χ3n) is 4.44. The van der Waals surface area contributed by atoms with Crippen LogP contribution in [0.1, 0.15) is 12.5 Å². The van der Waals surface area contributed by atoms with Crippen molar-refractivity contribution in [1.82, 2.24) is 14.8 Å². The van der Waals surface area contributed by atoms with E-state index >= 15 is 0 Å². The van der Waals surface area contributed by atoms with Crippen LogP contribution < -0.4 is 4.90 Å². The van der Waals surface area contributed by atoms with Gasteiger partial charge in [0.25, 0.3) is 0 Å². The summed E-state index contributed by atoms with van der Waals surface area (Å²) in [7, 11) is 0. The van der Waals surface area contributed by atoms with Crippen molar-refractivity contribution in [3.63, 3.8) is 0 Å². The van der Waals surface area contributed by atoms with E-state index < -0.39 is 6.09 Å². The Morgan fingerprint density at radius 1 is 1.39 bits per heavy atom. The number of nitrogens with zero attached hydrogens (tertiary/aromatic N) is 4. The molecule has 124 valence electrons.